The van der Waals surface area contributed by atoms with Gasteiger partial charge in [-0.15, -0.1) is 11.3 Å². The van der Waals surface area contributed by atoms with Crippen molar-refractivity contribution in [1.82, 2.24) is 14.9 Å². The quantitative estimate of drug-likeness (QED) is 0.734. The number of aromatic nitrogens is 2. The number of amides is 1. The van der Waals surface area contributed by atoms with E-state index in [-0.39, 0.29) is 5.56 Å². The first-order valence-electron chi connectivity index (χ1n) is 7.87. The standard InChI is InChI=1S/C16H20BrN3O3S/c1-15(2,3)16(6-4-5-7-20(16)14(22)23)13-18-9-8-10(17)24-11(9)12(21)19-13/h8H,4-7H2,1-3H3,(H,22,23)(H,18,19,21)/t16-/m0/s1. The highest BCUT2D eigenvalue weighted by Gasteiger charge is 2.53. The van der Waals surface area contributed by atoms with Crippen LogP contribution in [0.15, 0.2) is 14.6 Å². The molecule has 0 saturated carbocycles. The molecule has 0 radical (unpaired) electrons. The normalized spacial score (nSPS) is 22.1. The minimum atomic E-state index is -0.973. The molecule has 1 aliphatic heterocycles. The molecule has 6 nitrogen and oxygen atoms in total. The van der Waals surface area contributed by atoms with Crippen molar-refractivity contribution in [2.45, 2.75) is 45.6 Å². The van der Waals surface area contributed by atoms with Crippen LogP contribution in [0.2, 0.25) is 0 Å². The molecule has 3 heterocycles. The van der Waals surface area contributed by atoms with E-state index >= 15 is 0 Å². The number of carboxylic acid groups (broad SMARTS) is 1. The van der Waals surface area contributed by atoms with E-state index in [1.165, 1.54) is 16.2 Å². The Kier molecular flexibility index (Phi) is 4.24. The highest BCUT2D eigenvalue weighted by molar-refractivity contribution is 9.11. The predicted molar refractivity (Wildman–Crippen MR) is 97.7 cm³/mol. The maximum absolute atomic E-state index is 12.5. The molecule has 1 atom stereocenters. The summed E-state index contributed by atoms with van der Waals surface area (Å²) in [5.74, 6) is 0.444. The van der Waals surface area contributed by atoms with Crippen LogP contribution in [0.4, 0.5) is 4.79 Å². The van der Waals surface area contributed by atoms with E-state index < -0.39 is 17.0 Å². The summed E-state index contributed by atoms with van der Waals surface area (Å²) in [5, 5.41) is 9.79. The highest BCUT2D eigenvalue weighted by atomic mass is 79.9. The molecule has 1 saturated heterocycles. The Morgan fingerprint density at radius 1 is 1.46 bits per heavy atom. The lowest BCUT2D eigenvalue weighted by Gasteiger charge is -2.52. The van der Waals surface area contributed by atoms with Crippen molar-refractivity contribution in [2.24, 2.45) is 5.41 Å². The zero-order valence-corrected chi connectivity index (χ0v) is 16.3. The number of nitrogens with one attached hydrogen (secondary N) is 1. The zero-order valence-electron chi connectivity index (χ0n) is 13.9. The number of rotatable bonds is 1. The second-order valence-electron chi connectivity index (χ2n) is 7.18. The SMILES string of the molecule is CC(C)(C)[C@@]1(c2nc3cc(Br)sc3c(=O)[nH]2)CCCCN1C(=O)O. The number of nitrogens with zero attached hydrogens (tertiary/aromatic N) is 2. The summed E-state index contributed by atoms with van der Waals surface area (Å²) in [6.45, 7) is 6.45. The number of H-pyrrole nitrogens is 1. The van der Waals surface area contributed by atoms with Gasteiger partial charge < -0.3 is 10.1 Å². The van der Waals surface area contributed by atoms with Gasteiger partial charge in [-0.2, -0.15) is 0 Å². The molecule has 3 rings (SSSR count). The van der Waals surface area contributed by atoms with E-state index in [1.54, 1.807) is 0 Å². The van der Waals surface area contributed by atoms with Gasteiger partial charge in [0.25, 0.3) is 5.56 Å². The lowest BCUT2D eigenvalue weighted by Crippen LogP contribution is -2.59. The first-order valence-corrected chi connectivity index (χ1v) is 9.48. The van der Waals surface area contributed by atoms with Crippen LogP contribution in [0.5, 0.6) is 0 Å². The van der Waals surface area contributed by atoms with Crippen LogP contribution in [0.3, 0.4) is 0 Å². The maximum atomic E-state index is 12.5. The van der Waals surface area contributed by atoms with Crippen LogP contribution in [0.25, 0.3) is 10.2 Å². The van der Waals surface area contributed by atoms with Gasteiger partial charge in [-0.05, 0) is 46.7 Å². The van der Waals surface area contributed by atoms with Crippen molar-refractivity contribution >= 4 is 43.6 Å². The van der Waals surface area contributed by atoms with Crippen LogP contribution in [-0.2, 0) is 5.54 Å². The molecule has 0 bridgehead atoms. The number of carbonyl (C=O) groups is 1. The van der Waals surface area contributed by atoms with Crippen molar-refractivity contribution in [2.75, 3.05) is 6.54 Å². The van der Waals surface area contributed by atoms with Crippen molar-refractivity contribution in [1.29, 1.82) is 0 Å². The summed E-state index contributed by atoms with van der Waals surface area (Å²) in [7, 11) is 0. The lowest BCUT2D eigenvalue weighted by molar-refractivity contribution is -0.0353. The topological polar surface area (TPSA) is 86.3 Å². The molecule has 2 aromatic heterocycles. The number of thiophene rings is 1. The Bertz CT molecular complexity index is 854. The lowest BCUT2D eigenvalue weighted by atomic mass is 9.67. The van der Waals surface area contributed by atoms with Gasteiger partial charge in [0.1, 0.15) is 16.1 Å². The molecule has 0 unspecified atom stereocenters. The van der Waals surface area contributed by atoms with Gasteiger partial charge in [0.15, 0.2) is 0 Å². The largest absolute Gasteiger partial charge is 0.465 e. The average molecular weight is 414 g/mol. The van der Waals surface area contributed by atoms with Crippen molar-refractivity contribution in [3.05, 3.63) is 26.0 Å². The smallest absolute Gasteiger partial charge is 0.408 e. The van der Waals surface area contributed by atoms with E-state index in [4.69, 9.17) is 0 Å². The maximum Gasteiger partial charge on any atom is 0.408 e. The summed E-state index contributed by atoms with van der Waals surface area (Å²) < 4.78 is 1.38. The van der Waals surface area contributed by atoms with Gasteiger partial charge in [-0.1, -0.05) is 20.8 Å². The Balaban J connectivity index is 2.30. The second-order valence-corrected chi connectivity index (χ2v) is 9.61. The second kappa shape index (κ2) is 5.84. The molecular weight excluding hydrogens is 394 g/mol. The van der Waals surface area contributed by atoms with Gasteiger partial charge in [-0.25, -0.2) is 9.78 Å². The fourth-order valence-corrected chi connectivity index (χ4v) is 5.14. The fraction of sp³-hybridized carbons (Fsp3) is 0.562. The Labute approximate surface area is 152 Å². The Hall–Kier alpha value is -1.41. The molecule has 0 aromatic carbocycles. The fourth-order valence-electron chi connectivity index (χ4n) is 3.72. The van der Waals surface area contributed by atoms with E-state index in [0.717, 1.165) is 16.6 Å². The molecule has 2 N–H and O–H groups in total. The van der Waals surface area contributed by atoms with Gasteiger partial charge in [0.05, 0.1) is 9.30 Å². The Morgan fingerprint density at radius 2 is 2.17 bits per heavy atom. The molecule has 8 heteroatoms. The third kappa shape index (κ3) is 2.56. The van der Waals surface area contributed by atoms with Crippen LogP contribution >= 0.6 is 27.3 Å². The number of fused-ring (bicyclic) bond motifs is 1. The number of likely N-dealkylation sites (tertiary alicyclic amines) is 1. The molecule has 0 aliphatic carbocycles. The predicted octanol–water partition coefficient (Wildman–Crippen LogP) is 4.15. The van der Waals surface area contributed by atoms with Gasteiger partial charge in [-0.3, -0.25) is 9.69 Å². The van der Waals surface area contributed by atoms with Gasteiger partial charge in [0, 0.05) is 6.54 Å². The highest BCUT2D eigenvalue weighted by Crippen LogP contribution is 2.49. The average Bonchev–Trinajstić information content (AvgIpc) is 2.86. The molecule has 2 aromatic rings. The number of piperidine rings is 1. The van der Waals surface area contributed by atoms with Crippen LogP contribution in [-0.4, -0.2) is 32.6 Å². The van der Waals surface area contributed by atoms with Crippen molar-refractivity contribution < 1.29 is 9.90 Å². The van der Waals surface area contributed by atoms with E-state index in [0.29, 0.717) is 29.0 Å². The van der Waals surface area contributed by atoms with Crippen LogP contribution < -0.4 is 5.56 Å². The summed E-state index contributed by atoms with van der Waals surface area (Å²) in [4.78, 5) is 33.5. The van der Waals surface area contributed by atoms with Crippen LogP contribution in [0.1, 0.15) is 45.9 Å². The van der Waals surface area contributed by atoms with Crippen molar-refractivity contribution in [3.8, 4) is 0 Å². The third-order valence-electron chi connectivity index (χ3n) is 4.85. The number of hydrogen-bond donors (Lipinski definition) is 2. The molecule has 0 spiro atoms. The monoisotopic (exact) mass is 413 g/mol. The molecule has 24 heavy (non-hydrogen) atoms. The molecule has 1 amide bonds. The van der Waals surface area contributed by atoms with Gasteiger partial charge >= 0.3 is 6.09 Å². The zero-order chi connectivity index (χ0) is 17.7. The Morgan fingerprint density at radius 3 is 2.79 bits per heavy atom. The molecule has 1 fully saturated rings. The van der Waals surface area contributed by atoms with Gasteiger partial charge in [0.2, 0.25) is 0 Å². The van der Waals surface area contributed by atoms with Crippen LogP contribution in [0, 0.1) is 5.41 Å². The van der Waals surface area contributed by atoms with E-state index in [9.17, 15) is 14.7 Å². The first-order chi connectivity index (χ1) is 11.2. The van der Waals surface area contributed by atoms with Crippen molar-refractivity contribution in [3.63, 3.8) is 0 Å². The number of halogens is 1. The van der Waals surface area contributed by atoms with E-state index in [1.807, 2.05) is 26.8 Å². The summed E-state index contributed by atoms with van der Waals surface area (Å²) in [5.41, 5.74) is -0.878. The van der Waals surface area contributed by atoms with E-state index in [2.05, 4.69) is 25.9 Å². The minimum absolute atomic E-state index is 0.217. The summed E-state index contributed by atoms with van der Waals surface area (Å²) >= 11 is 4.72. The third-order valence-corrected chi connectivity index (χ3v) is 6.47. The summed E-state index contributed by atoms with van der Waals surface area (Å²) in [6.07, 6.45) is 1.39. The minimum Gasteiger partial charge on any atom is -0.465 e. The number of hydrogen-bond acceptors (Lipinski definition) is 4. The summed E-state index contributed by atoms with van der Waals surface area (Å²) in [6, 6.07) is 1.81. The molecule has 130 valence electrons. The molecular formula is C16H20BrN3O3S. The first kappa shape index (κ1) is 17.4. The number of aromatic amines is 1. The molecule has 1 aliphatic rings.